The molecule has 1 aromatic carbocycles. The van der Waals surface area contributed by atoms with Gasteiger partial charge in [-0.1, -0.05) is 47.6 Å². The first-order valence-corrected chi connectivity index (χ1v) is 6.43. The van der Waals surface area contributed by atoms with Gasteiger partial charge < -0.3 is 4.52 Å². The molecular weight excluding hydrogens is 250 g/mol. The lowest BCUT2D eigenvalue weighted by atomic mass is 10.1. The Morgan fingerprint density at radius 2 is 1.75 bits per heavy atom. The van der Waals surface area contributed by atoms with Crippen LogP contribution >= 0.6 is 0 Å². The molecule has 0 unspecified atom stereocenters. The normalized spacial score (nSPS) is 9.20. The van der Waals surface area contributed by atoms with Crippen LogP contribution in [0.4, 0.5) is 0 Å². The topological polar surface area (TPSA) is 43.1 Å². The second kappa shape index (κ2) is 9.50. The second-order valence-electron chi connectivity index (χ2n) is 4.18. The van der Waals surface area contributed by atoms with Crippen LogP contribution in [-0.4, -0.2) is 10.9 Å². The van der Waals surface area contributed by atoms with Crippen LogP contribution in [0.3, 0.4) is 0 Å². The van der Waals surface area contributed by atoms with Crippen LogP contribution in [0.15, 0.2) is 72.5 Å². The standard InChI is InChI=1S/C10H9NO.C7H10O/c1-2-4-9(5-3-1)8-10-6-7-12-11-10;1-3-5-7(8)6-4-2/h1-7H,8H2;3-4H,1-2,5-6H2. The van der Waals surface area contributed by atoms with Crippen molar-refractivity contribution in [1.82, 2.24) is 5.16 Å². The van der Waals surface area contributed by atoms with E-state index in [1.54, 1.807) is 18.4 Å². The molecule has 0 radical (unpaired) electrons. The number of Topliss-reactive ketones (excluding diaryl/α,β-unsaturated/α-hetero) is 1. The van der Waals surface area contributed by atoms with Crippen molar-refractivity contribution in [3.05, 3.63) is 79.2 Å². The van der Waals surface area contributed by atoms with E-state index in [0.29, 0.717) is 12.8 Å². The van der Waals surface area contributed by atoms with Gasteiger partial charge in [0.15, 0.2) is 0 Å². The molecule has 104 valence electrons. The van der Waals surface area contributed by atoms with Crippen molar-refractivity contribution < 1.29 is 9.32 Å². The molecule has 0 spiro atoms. The average Bonchev–Trinajstić information content (AvgIpc) is 2.94. The van der Waals surface area contributed by atoms with E-state index in [1.807, 2.05) is 24.3 Å². The van der Waals surface area contributed by atoms with Crippen molar-refractivity contribution >= 4 is 5.78 Å². The molecule has 1 heterocycles. The van der Waals surface area contributed by atoms with E-state index < -0.39 is 0 Å². The predicted octanol–water partition coefficient (Wildman–Crippen LogP) is 3.97. The van der Waals surface area contributed by atoms with E-state index in [4.69, 9.17) is 4.52 Å². The highest BCUT2D eigenvalue weighted by molar-refractivity contribution is 5.80. The summed E-state index contributed by atoms with van der Waals surface area (Å²) in [5.74, 6) is 0.176. The highest BCUT2D eigenvalue weighted by atomic mass is 16.5. The summed E-state index contributed by atoms with van der Waals surface area (Å²) in [6.07, 6.45) is 6.57. The van der Waals surface area contributed by atoms with Crippen LogP contribution in [0.2, 0.25) is 0 Å². The molecule has 0 saturated heterocycles. The van der Waals surface area contributed by atoms with Crippen molar-refractivity contribution in [2.45, 2.75) is 19.3 Å². The zero-order chi connectivity index (χ0) is 14.6. The molecule has 0 amide bonds. The van der Waals surface area contributed by atoms with Gasteiger partial charge in [0.2, 0.25) is 0 Å². The third-order valence-corrected chi connectivity index (χ3v) is 2.46. The molecule has 0 N–H and O–H groups in total. The van der Waals surface area contributed by atoms with Gasteiger partial charge in [-0.15, -0.1) is 13.2 Å². The van der Waals surface area contributed by atoms with Gasteiger partial charge in [0, 0.05) is 25.3 Å². The van der Waals surface area contributed by atoms with Crippen LogP contribution in [0, 0.1) is 0 Å². The summed E-state index contributed by atoms with van der Waals surface area (Å²) in [5.41, 5.74) is 2.23. The van der Waals surface area contributed by atoms with E-state index in [-0.39, 0.29) is 5.78 Å². The highest BCUT2D eigenvalue weighted by Gasteiger charge is 1.96. The molecule has 1 aromatic heterocycles. The number of benzene rings is 1. The number of ketones is 1. The number of nitrogens with zero attached hydrogens (tertiary/aromatic N) is 1. The van der Waals surface area contributed by atoms with E-state index in [1.165, 1.54) is 5.56 Å². The second-order valence-corrected chi connectivity index (χ2v) is 4.18. The quantitative estimate of drug-likeness (QED) is 0.745. The van der Waals surface area contributed by atoms with Crippen LogP contribution in [0.5, 0.6) is 0 Å². The minimum Gasteiger partial charge on any atom is -0.365 e. The molecule has 0 fully saturated rings. The Bertz CT molecular complexity index is 503. The molecule has 0 aliphatic heterocycles. The fourth-order valence-electron chi connectivity index (χ4n) is 1.54. The van der Waals surface area contributed by atoms with E-state index >= 15 is 0 Å². The van der Waals surface area contributed by atoms with E-state index in [9.17, 15) is 4.79 Å². The number of hydrogen-bond acceptors (Lipinski definition) is 3. The number of carbonyl (C=O) groups is 1. The molecule has 3 nitrogen and oxygen atoms in total. The summed E-state index contributed by atoms with van der Waals surface area (Å²) in [6, 6.07) is 12.1. The maximum absolute atomic E-state index is 10.5. The average molecular weight is 269 g/mol. The summed E-state index contributed by atoms with van der Waals surface area (Å²) in [6.45, 7) is 6.86. The van der Waals surface area contributed by atoms with Crippen LogP contribution in [0.25, 0.3) is 0 Å². The lowest BCUT2D eigenvalue weighted by Gasteiger charge is -1.94. The largest absolute Gasteiger partial charge is 0.365 e. The van der Waals surface area contributed by atoms with E-state index in [0.717, 1.165) is 12.1 Å². The SMILES string of the molecule is C=CCC(=O)CC=C.c1ccc(Cc2ccon2)cc1. The molecule has 2 aromatic rings. The number of allylic oxidation sites excluding steroid dienone is 2. The smallest absolute Gasteiger partial charge is 0.140 e. The first-order chi connectivity index (χ1) is 9.76. The summed E-state index contributed by atoms with van der Waals surface area (Å²) in [7, 11) is 0. The minimum absolute atomic E-state index is 0.176. The van der Waals surface area contributed by atoms with Crippen LogP contribution in [-0.2, 0) is 11.2 Å². The lowest BCUT2D eigenvalue weighted by molar-refractivity contribution is -0.117. The zero-order valence-electron chi connectivity index (χ0n) is 11.5. The van der Waals surface area contributed by atoms with Gasteiger partial charge >= 0.3 is 0 Å². The minimum atomic E-state index is 0.176. The molecule has 2 rings (SSSR count). The summed E-state index contributed by atoms with van der Waals surface area (Å²) < 4.78 is 4.74. The van der Waals surface area contributed by atoms with Crippen LogP contribution in [0.1, 0.15) is 24.1 Å². The third-order valence-electron chi connectivity index (χ3n) is 2.46. The summed E-state index contributed by atoms with van der Waals surface area (Å²) in [4.78, 5) is 10.5. The Balaban J connectivity index is 0.000000221. The number of rotatable bonds is 6. The molecule has 0 aliphatic carbocycles. The number of carbonyl (C=O) groups excluding carboxylic acids is 1. The molecule has 3 heteroatoms. The van der Waals surface area contributed by atoms with Crippen molar-refractivity contribution in [2.75, 3.05) is 0 Å². The Hall–Kier alpha value is -2.42. The highest BCUT2D eigenvalue weighted by Crippen LogP contribution is 2.05. The molecule has 0 saturated carbocycles. The third kappa shape index (κ3) is 6.50. The maximum atomic E-state index is 10.5. The monoisotopic (exact) mass is 269 g/mol. The van der Waals surface area contributed by atoms with Crippen LogP contribution < -0.4 is 0 Å². The van der Waals surface area contributed by atoms with Crippen molar-refractivity contribution in [3.63, 3.8) is 0 Å². The Kier molecular flexibility index (Phi) is 7.43. The molecule has 0 atom stereocenters. The first-order valence-electron chi connectivity index (χ1n) is 6.43. The van der Waals surface area contributed by atoms with Gasteiger partial charge in [0.1, 0.15) is 12.0 Å². The fraction of sp³-hybridized carbons (Fsp3) is 0.176. The predicted molar refractivity (Wildman–Crippen MR) is 80.4 cm³/mol. The first kappa shape index (κ1) is 15.6. The zero-order valence-corrected chi connectivity index (χ0v) is 11.5. The van der Waals surface area contributed by atoms with Crippen molar-refractivity contribution in [1.29, 1.82) is 0 Å². The van der Waals surface area contributed by atoms with E-state index in [2.05, 4.69) is 30.4 Å². The van der Waals surface area contributed by atoms with Gasteiger partial charge in [-0.25, -0.2) is 0 Å². The van der Waals surface area contributed by atoms with Gasteiger partial charge in [-0.05, 0) is 5.56 Å². The Morgan fingerprint density at radius 3 is 2.25 bits per heavy atom. The molecule has 0 aliphatic rings. The number of hydrogen-bond donors (Lipinski definition) is 0. The van der Waals surface area contributed by atoms with Gasteiger partial charge in [0.25, 0.3) is 0 Å². The lowest BCUT2D eigenvalue weighted by Crippen LogP contribution is -1.90. The maximum Gasteiger partial charge on any atom is 0.140 e. The molecular formula is C17H19NO2. The van der Waals surface area contributed by atoms with Gasteiger partial charge in [-0.2, -0.15) is 0 Å². The number of aromatic nitrogens is 1. The van der Waals surface area contributed by atoms with Gasteiger partial charge in [-0.3, -0.25) is 4.79 Å². The summed E-state index contributed by atoms with van der Waals surface area (Å²) in [5, 5.41) is 3.84. The Labute approximate surface area is 119 Å². The summed E-state index contributed by atoms with van der Waals surface area (Å²) >= 11 is 0. The Morgan fingerprint density at radius 1 is 1.10 bits per heavy atom. The van der Waals surface area contributed by atoms with Crippen molar-refractivity contribution in [2.24, 2.45) is 0 Å². The van der Waals surface area contributed by atoms with Gasteiger partial charge in [0.05, 0.1) is 5.69 Å². The molecule has 20 heavy (non-hydrogen) atoms. The molecule has 0 bridgehead atoms. The fourth-order valence-corrected chi connectivity index (χ4v) is 1.54. The van der Waals surface area contributed by atoms with Crippen molar-refractivity contribution in [3.8, 4) is 0 Å².